The Morgan fingerprint density at radius 3 is 2.39 bits per heavy atom. The van der Waals surface area contributed by atoms with E-state index in [0.29, 0.717) is 28.2 Å². The van der Waals surface area contributed by atoms with E-state index in [1.54, 1.807) is 25.5 Å². The quantitative estimate of drug-likeness (QED) is 0.524. The lowest BCUT2D eigenvalue weighted by molar-refractivity contribution is -0.119. The zero-order valence-electron chi connectivity index (χ0n) is 18.7. The molecule has 8 nitrogen and oxygen atoms in total. The first-order chi connectivity index (χ1) is 14.6. The fourth-order valence-electron chi connectivity index (χ4n) is 3.74. The Morgan fingerprint density at radius 2 is 1.81 bits per heavy atom. The molecule has 3 rings (SSSR count). The molecule has 2 heterocycles. The van der Waals surface area contributed by atoms with E-state index < -0.39 is 24.6 Å². The number of H-pyrrole nitrogens is 1. The van der Waals surface area contributed by atoms with E-state index >= 15 is 0 Å². The molecule has 0 spiro atoms. The van der Waals surface area contributed by atoms with E-state index in [9.17, 15) is 14.7 Å². The summed E-state index contributed by atoms with van der Waals surface area (Å²) in [7, 11) is 0. The van der Waals surface area contributed by atoms with Crippen LogP contribution in [0.5, 0.6) is 0 Å². The highest BCUT2D eigenvalue weighted by Gasteiger charge is 2.22. The van der Waals surface area contributed by atoms with Crippen molar-refractivity contribution in [3.63, 3.8) is 0 Å². The summed E-state index contributed by atoms with van der Waals surface area (Å²) in [5.74, 6) is -1.11. The molecule has 1 amide bonds. The lowest BCUT2D eigenvalue weighted by Crippen LogP contribution is -2.22. The maximum absolute atomic E-state index is 12.4. The number of rotatable bonds is 6. The number of hydrogen-bond donors (Lipinski definition) is 3. The van der Waals surface area contributed by atoms with E-state index in [4.69, 9.17) is 4.74 Å². The van der Waals surface area contributed by atoms with Crippen LogP contribution < -0.4 is 5.32 Å². The zero-order valence-corrected chi connectivity index (χ0v) is 18.7. The number of aliphatic hydroxyl groups excluding tert-OH is 1. The number of nitrogens with zero attached hydrogens (tertiary/aromatic N) is 2. The third-order valence-electron chi connectivity index (χ3n) is 5.29. The number of anilines is 1. The van der Waals surface area contributed by atoms with E-state index in [2.05, 4.69) is 15.4 Å². The summed E-state index contributed by atoms with van der Waals surface area (Å²) >= 11 is 0. The zero-order chi connectivity index (χ0) is 22.9. The first-order valence-corrected chi connectivity index (χ1v) is 10.1. The van der Waals surface area contributed by atoms with Crippen molar-refractivity contribution >= 4 is 17.6 Å². The maximum Gasteiger partial charge on any atom is 0.355 e. The monoisotopic (exact) mass is 424 g/mol. The van der Waals surface area contributed by atoms with Crippen molar-refractivity contribution in [1.82, 2.24) is 14.8 Å². The molecule has 0 radical (unpaired) electrons. The van der Waals surface area contributed by atoms with Gasteiger partial charge in [-0.25, -0.2) is 9.48 Å². The molecule has 0 saturated carbocycles. The van der Waals surface area contributed by atoms with Crippen LogP contribution in [0.3, 0.4) is 0 Å². The molecule has 0 fully saturated rings. The van der Waals surface area contributed by atoms with E-state index in [1.807, 2.05) is 45.0 Å². The Labute approximate surface area is 181 Å². The number of esters is 1. The van der Waals surface area contributed by atoms with Gasteiger partial charge in [0.25, 0.3) is 5.91 Å². The average Bonchev–Trinajstić information content (AvgIpc) is 3.16. The first kappa shape index (κ1) is 22.3. The fraction of sp³-hybridized carbons (Fsp3) is 0.348. The summed E-state index contributed by atoms with van der Waals surface area (Å²) in [4.78, 5) is 27.8. The van der Waals surface area contributed by atoms with Crippen molar-refractivity contribution in [1.29, 1.82) is 0 Å². The fourth-order valence-corrected chi connectivity index (χ4v) is 3.74. The number of aromatic amines is 1. The Bertz CT molecular complexity index is 1120. The molecule has 0 unspecified atom stereocenters. The maximum atomic E-state index is 12.4. The van der Waals surface area contributed by atoms with Crippen molar-refractivity contribution in [3.8, 4) is 5.69 Å². The summed E-state index contributed by atoms with van der Waals surface area (Å²) in [5.41, 5.74) is 6.27. The number of carbonyl (C=O) groups is 2. The molecule has 0 saturated heterocycles. The van der Waals surface area contributed by atoms with Gasteiger partial charge >= 0.3 is 5.97 Å². The van der Waals surface area contributed by atoms with Crippen LogP contribution in [0.15, 0.2) is 24.3 Å². The molecule has 3 aromatic rings. The standard InChI is InChI=1S/C23H28N4O4/c1-12-7-9-18(10-8-12)27-16(5)22(15(4)26-27)25-19(29)11-31-23(30)21-13(2)20(17(6)28)14(3)24-21/h7-10,17,24,28H,11H2,1-6H3,(H,25,29)/t17-/m0/s1. The van der Waals surface area contributed by atoms with Gasteiger partial charge in [0.2, 0.25) is 0 Å². The van der Waals surface area contributed by atoms with Crippen molar-refractivity contribution in [3.05, 3.63) is 63.7 Å². The summed E-state index contributed by atoms with van der Waals surface area (Å²) in [6.07, 6.45) is -0.711. The van der Waals surface area contributed by atoms with Crippen molar-refractivity contribution < 1.29 is 19.4 Å². The predicted molar refractivity (Wildman–Crippen MR) is 118 cm³/mol. The smallest absolute Gasteiger partial charge is 0.355 e. The Morgan fingerprint density at radius 1 is 1.16 bits per heavy atom. The van der Waals surface area contributed by atoms with Crippen LogP contribution in [0.25, 0.3) is 5.69 Å². The normalized spacial score (nSPS) is 12.0. The van der Waals surface area contributed by atoms with Gasteiger partial charge in [-0.05, 0) is 59.2 Å². The number of amides is 1. The molecule has 164 valence electrons. The highest BCUT2D eigenvalue weighted by molar-refractivity contribution is 5.96. The molecule has 1 aromatic carbocycles. The molecule has 31 heavy (non-hydrogen) atoms. The lowest BCUT2D eigenvalue weighted by atomic mass is 10.1. The molecular formula is C23H28N4O4. The third-order valence-corrected chi connectivity index (χ3v) is 5.29. The van der Waals surface area contributed by atoms with Gasteiger partial charge in [0.05, 0.1) is 28.9 Å². The molecule has 0 aliphatic rings. The van der Waals surface area contributed by atoms with Gasteiger partial charge in [-0.2, -0.15) is 5.10 Å². The minimum Gasteiger partial charge on any atom is -0.451 e. The second kappa shape index (κ2) is 8.77. The minimum atomic E-state index is -0.711. The van der Waals surface area contributed by atoms with Crippen LogP contribution in [-0.4, -0.2) is 38.4 Å². The van der Waals surface area contributed by atoms with Gasteiger partial charge < -0.3 is 20.1 Å². The van der Waals surface area contributed by atoms with E-state index in [0.717, 1.165) is 16.9 Å². The van der Waals surface area contributed by atoms with Gasteiger partial charge in [-0.3, -0.25) is 4.79 Å². The van der Waals surface area contributed by atoms with Crippen molar-refractivity contribution in [2.45, 2.75) is 47.6 Å². The molecule has 3 N–H and O–H groups in total. The molecule has 0 aliphatic carbocycles. The molecule has 2 aromatic heterocycles. The van der Waals surface area contributed by atoms with Crippen molar-refractivity contribution in [2.24, 2.45) is 0 Å². The third kappa shape index (κ3) is 4.54. The minimum absolute atomic E-state index is 0.237. The summed E-state index contributed by atoms with van der Waals surface area (Å²) in [5, 5.41) is 17.2. The predicted octanol–water partition coefficient (Wildman–Crippen LogP) is 3.59. The van der Waals surface area contributed by atoms with Gasteiger partial charge in [0.1, 0.15) is 5.69 Å². The highest BCUT2D eigenvalue weighted by Crippen LogP contribution is 2.25. The second-order valence-electron chi connectivity index (χ2n) is 7.76. The van der Waals surface area contributed by atoms with Gasteiger partial charge in [-0.1, -0.05) is 17.7 Å². The first-order valence-electron chi connectivity index (χ1n) is 10.1. The van der Waals surface area contributed by atoms with Crippen molar-refractivity contribution in [2.75, 3.05) is 11.9 Å². The second-order valence-corrected chi connectivity index (χ2v) is 7.76. The van der Waals surface area contributed by atoms with Crippen LogP contribution in [0.2, 0.25) is 0 Å². The number of aliphatic hydroxyl groups is 1. The number of benzene rings is 1. The molecule has 8 heteroatoms. The van der Waals surface area contributed by atoms with Crippen LogP contribution in [0.4, 0.5) is 5.69 Å². The van der Waals surface area contributed by atoms with Crippen LogP contribution in [-0.2, 0) is 9.53 Å². The van der Waals surface area contributed by atoms with Gasteiger partial charge in [-0.15, -0.1) is 0 Å². The number of aromatic nitrogens is 3. The summed E-state index contributed by atoms with van der Waals surface area (Å²) in [6.45, 7) is 10.4. The Kier molecular flexibility index (Phi) is 6.31. The average molecular weight is 425 g/mol. The number of nitrogens with one attached hydrogen (secondary N) is 2. The lowest BCUT2D eigenvalue weighted by Gasteiger charge is -2.08. The van der Waals surface area contributed by atoms with E-state index in [-0.39, 0.29) is 5.69 Å². The van der Waals surface area contributed by atoms with Gasteiger partial charge in [0.15, 0.2) is 6.61 Å². The number of ether oxygens (including phenoxy) is 1. The number of hydrogen-bond acceptors (Lipinski definition) is 5. The molecule has 0 bridgehead atoms. The van der Waals surface area contributed by atoms with Crippen LogP contribution in [0.1, 0.15) is 57.3 Å². The Hall–Kier alpha value is -3.39. The number of carbonyl (C=O) groups excluding carboxylic acids is 2. The van der Waals surface area contributed by atoms with Crippen LogP contribution >= 0.6 is 0 Å². The molecule has 1 atom stereocenters. The molecular weight excluding hydrogens is 396 g/mol. The SMILES string of the molecule is Cc1ccc(-n2nc(C)c(NC(=O)COC(=O)c3[nH]c(C)c([C@H](C)O)c3C)c2C)cc1. The summed E-state index contributed by atoms with van der Waals surface area (Å²) < 4.78 is 6.95. The van der Waals surface area contributed by atoms with E-state index in [1.165, 1.54) is 0 Å². The number of aryl methyl sites for hydroxylation is 3. The topological polar surface area (TPSA) is 109 Å². The van der Waals surface area contributed by atoms with Crippen LogP contribution in [0, 0.1) is 34.6 Å². The van der Waals surface area contributed by atoms with Gasteiger partial charge in [0, 0.05) is 11.3 Å². The molecule has 0 aliphatic heterocycles. The highest BCUT2D eigenvalue weighted by atomic mass is 16.5. The Balaban J connectivity index is 1.69. The largest absolute Gasteiger partial charge is 0.451 e. The summed E-state index contributed by atoms with van der Waals surface area (Å²) in [6, 6.07) is 7.92.